The van der Waals surface area contributed by atoms with Crippen molar-refractivity contribution >= 4 is 87.4 Å². The molecule has 5 rings (SSSR count). The Morgan fingerprint density at radius 1 is 0.927 bits per heavy atom. The highest BCUT2D eigenvalue weighted by Crippen LogP contribution is 2.36. The van der Waals surface area contributed by atoms with E-state index in [2.05, 4.69) is 10.6 Å². The average Bonchev–Trinajstić information content (AvgIpc) is 3.57. The number of thioether (sulfide) groups is 1. The van der Waals surface area contributed by atoms with E-state index in [-0.39, 0.29) is 29.0 Å². The molecule has 1 atom stereocenters. The van der Waals surface area contributed by atoms with Crippen LogP contribution in [-0.4, -0.2) is 28.9 Å². The normalized spacial score (nSPS) is 15.2. The van der Waals surface area contributed by atoms with Crippen LogP contribution in [0.1, 0.15) is 21.7 Å². The molecule has 2 N–H and O–H groups in total. The smallest absolute Gasteiger partial charge is 0.272 e. The summed E-state index contributed by atoms with van der Waals surface area (Å²) >= 11 is 14.7. The third kappa shape index (κ3) is 6.89. The first-order valence-electron chi connectivity index (χ1n) is 12.3. The van der Waals surface area contributed by atoms with Crippen molar-refractivity contribution in [2.45, 2.75) is 16.6 Å². The fraction of sp³-hybridized carbons (Fsp3) is 0.0667. The summed E-state index contributed by atoms with van der Waals surface area (Å²) in [4.78, 5) is 54.5. The molecule has 3 aromatic carbocycles. The van der Waals surface area contributed by atoms with E-state index in [1.807, 2.05) is 17.5 Å². The fourth-order valence-corrected chi connectivity index (χ4v) is 6.12. The van der Waals surface area contributed by atoms with Gasteiger partial charge in [-0.3, -0.25) is 19.2 Å². The van der Waals surface area contributed by atoms with Gasteiger partial charge in [0.05, 0.1) is 21.0 Å². The van der Waals surface area contributed by atoms with E-state index in [0.717, 1.165) is 9.78 Å². The lowest BCUT2D eigenvalue weighted by molar-refractivity contribution is -0.121. The van der Waals surface area contributed by atoms with Crippen LogP contribution in [0.3, 0.4) is 0 Å². The van der Waals surface area contributed by atoms with Gasteiger partial charge in [0.25, 0.3) is 11.8 Å². The molecule has 0 aliphatic carbocycles. The second-order valence-corrected chi connectivity index (χ2v) is 11.9. The van der Waals surface area contributed by atoms with Crippen molar-refractivity contribution in [1.29, 1.82) is 0 Å². The summed E-state index contributed by atoms with van der Waals surface area (Å²) in [6.45, 7) is 0. The Hall–Kier alpha value is -3.89. The average molecular weight is 623 g/mol. The van der Waals surface area contributed by atoms with Gasteiger partial charge in [-0.25, -0.2) is 4.90 Å². The van der Waals surface area contributed by atoms with Gasteiger partial charge in [-0.2, -0.15) is 0 Å². The molecule has 41 heavy (non-hydrogen) atoms. The molecule has 7 nitrogen and oxygen atoms in total. The van der Waals surface area contributed by atoms with Crippen LogP contribution < -0.4 is 15.5 Å². The first-order valence-corrected chi connectivity index (χ1v) is 14.8. The van der Waals surface area contributed by atoms with Crippen molar-refractivity contribution in [2.75, 3.05) is 10.2 Å². The Kier molecular flexibility index (Phi) is 8.90. The second-order valence-electron chi connectivity index (χ2n) is 8.85. The highest BCUT2D eigenvalue weighted by Gasteiger charge is 2.40. The molecule has 4 amide bonds. The first-order chi connectivity index (χ1) is 19.8. The molecule has 1 aromatic heterocycles. The monoisotopic (exact) mass is 621 g/mol. The summed E-state index contributed by atoms with van der Waals surface area (Å²) < 4.78 is 0. The number of thiophene rings is 1. The summed E-state index contributed by atoms with van der Waals surface area (Å²) in [7, 11) is 0. The summed E-state index contributed by atoms with van der Waals surface area (Å²) in [6, 6.07) is 23.8. The van der Waals surface area contributed by atoms with Gasteiger partial charge in [-0.05, 0) is 66.1 Å². The van der Waals surface area contributed by atoms with E-state index in [1.165, 1.54) is 35.2 Å². The van der Waals surface area contributed by atoms with Crippen LogP contribution in [0.2, 0.25) is 10.0 Å². The number of anilines is 2. The van der Waals surface area contributed by atoms with E-state index >= 15 is 0 Å². The summed E-state index contributed by atoms with van der Waals surface area (Å²) in [5.41, 5.74) is 1.32. The Balaban J connectivity index is 1.30. The molecule has 4 aromatic rings. The lowest BCUT2D eigenvalue weighted by atomic mass is 10.2. The number of nitrogens with zero attached hydrogens (tertiary/aromatic N) is 1. The Bertz CT molecular complexity index is 1660. The number of halogens is 2. The van der Waals surface area contributed by atoms with Crippen LogP contribution in [0.4, 0.5) is 11.4 Å². The summed E-state index contributed by atoms with van der Waals surface area (Å²) in [6.07, 6.45) is 1.62. The Labute approximate surface area is 254 Å². The molecule has 0 radical (unpaired) electrons. The lowest BCUT2D eigenvalue weighted by Gasteiger charge is -2.16. The van der Waals surface area contributed by atoms with Crippen LogP contribution in [0.15, 0.2) is 101 Å². The number of benzene rings is 3. The minimum Gasteiger partial charge on any atom is -0.321 e. The van der Waals surface area contributed by atoms with Gasteiger partial charge in [0.1, 0.15) is 5.70 Å². The SMILES string of the molecule is O=C(Nc1cccc(S[C@@H]2CC(=O)N(c3ccc(Cl)c(Cl)c3)C2=O)c1)/C(=C/c1cccs1)NC(=O)c1ccccc1. The highest BCUT2D eigenvalue weighted by molar-refractivity contribution is 8.00. The number of carbonyl (C=O) groups is 4. The van der Waals surface area contributed by atoms with Crippen molar-refractivity contribution in [3.63, 3.8) is 0 Å². The summed E-state index contributed by atoms with van der Waals surface area (Å²) in [5.74, 6) is -1.63. The van der Waals surface area contributed by atoms with Crippen molar-refractivity contribution < 1.29 is 19.2 Å². The maximum Gasteiger partial charge on any atom is 0.272 e. The molecule has 1 saturated heterocycles. The lowest BCUT2D eigenvalue weighted by Crippen LogP contribution is -2.31. The number of hydrogen-bond donors (Lipinski definition) is 2. The largest absolute Gasteiger partial charge is 0.321 e. The molecular formula is C30H21Cl2N3O4S2. The van der Waals surface area contributed by atoms with Gasteiger partial charge in [0, 0.05) is 27.4 Å². The predicted molar refractivity (Wildman–Crippen MR) is 164 cm³/mol. The van der Waals surface area contributed by atoms with Crippen molar-refractivity contribution in [2.24, 2.45) is 0 Å². The van der Waals surface area contributed by atoms with E-state index in [1.54, 1.807) is 66.7 Å². The Morgan fingerprint density at radius 2 is 1.73 bits per heavy atom. The van der Waals surface area contributed by atoms with Gasteiger partial charge in [0.2, 0.25) is 11.8 Å². The molecule has 1 aliphatic rings. The minimum atomic E-state index is -0.651. The van der Waals surface area contributed by atoms with Crippen LogP contribution in [0.5, 0.6) is 0 Å². The summed E-state index contributed by atoms with van der Waals surface area (Å²) in [5, 5.41) is 7.33. The Morgan fingerprint density at radius 3 is 2.46 bits per heavy atom. The quantitative estimate of drug-likeness (QED) is 0.165. The molecule has 1 fully saturated rings. The molecule has 2 heterocycles. The van der Waals surface area contributed by atoms with Crippen LogP contribution >= 0.6 is 46.3 Å². The second kappa shape index (κ2) is 12.7. The van der Waals surface area contributed by atoms with Gasteiger partial charge >= 0.3 is 0 Å². The molecule has 0 bridgehead atoms. The number of hydrogen-bond acceptors (Lipinski definition) is 6. The van der Waals surface area contributed by atoms with E-state index in [4.69, 9.17) is 23.2 Å². The van der Waals surface area contributed by atoms with Crippen molar-refractivity contribution in [1.82, 2.24) is 5.32 Å². The maximum atomic E-state index is 13.3. The molecule has 11 heteroatoms. The zero-order chi connectivity index (χ0) is 28.9. The fourth-order valence-electron chi connectivity index (χ4n) is 4.06. The number of carbonyl (C=O) groups excluding carboxylic acids is 4. The first kappa shape index (κ1) is 28.6. The minimum absolute atomic E-state index is 0.0134. The van der Waals surface area contributed by atoms with Gasteiger partial charge in [-0.1, -0.05) is 53.5 Å². The zero-order valence-electron chi connectivity index (χ0n) is 21.2. The molecule has 0 unspecified atom stereocenters. The third-order valence-corrected chi connectivity index (χ3v) is 8.73. The van der Waals surface area contributed by atoms with Crippen LogP contribution in [0, 0.1) is 0 Å². The van der Waals surface area contributed by atoms with E-state index < -0.39 is 17.1 Å². The predicted octanol–water partition coefficient (Wildman–Crippen LogP) is 6.89. The third-order valence-electron chi connectivity index (χ3n) is 6.00. The zero-order valence-corrected chi connectivity index (χ0v) is 24.3. The van der Waals surface area contributed by atoms with Crippen LogP contribution in [-0.2, 0) is 14.4 Å². The molecule has 1 aliphatic heterocycles. The molecule has 0 saturated carbocycles. The standard InChI is InChI=1S/C30H21Cl2N3O4S2/c31-23-12-11-20(15-24(23)32)35-27(36)17-26(30(35)39)41-22-9-4-8-19(14-22)33-29(38)25(16-21-10-5-13-40-21)34-28(37)18-6-2-1-3-7-18/h1-16,26H,17H2,(H,33,38)(H,34,37)/b25-16-/t26-/m1/s1. The molecule has 0 spiro atoms. The van der Waals surface area contributed by atoms with Gasteiger partial charge in [0.15, 0.2) is 0 Å². The maximum absolute atomic E-state index is 13.3. The molecular weight excluding hydrogens is 601 g/mol. The van der Waals surface area contributed by atoms with Crippen LogP contribution in [0.25, 0.3) is 6.08 Å². The van der Waals surface area contributed by atoms with Crippen molar-refractivity contribution in [3.8, 4) is 0 Å². The number of imide groups is 1. The number of rotatable bonds is 8. The number of nitrogens with one attached hydrogen (secondary N) is 2. The van der Waals surface area contributed by atoms with E-state index in [9.17, 15) is 19.2 Å². The number of amides is 4. The van der Waals surface area contributed by atoms with Gasteiger partial charge in [-0.15, -0.1) is 23.1 Å². The van der Waals surface area contributed by atoms with Gasteiger partial charge < -0.3 is 10.6 Å². The highest BCUT2D eigenvalue weighted by atomic mass is 35.5. The molecule has 206 valence electrons. The topological polar surface area (TPSA) is 95.6 Å². The van der Waals surface area contributed by atoms with Crippen molar-refractivity contribution in [3.05, 3.63) is 116 Å². The van der Waals surface area contributed by atoms with E-state index in [0.29, 0.717) is 26.9 Å².